The van der Waals surface area contributed by atoms with Gasteiger partial charge in [0.25, 0.3) is 5.91 Å². The van der Waals surface area contributed by atoms with Crippen LogP contribution in [0.3, 0.4) is 0 Å². The predicted octanol–water partition coefficient (Wildman–Crippen LogP) is 1.47. The molecule has 2 rings (SSSR count). The Morgan fingerprint density at radius 2 is 1.92 bits per heavy atom. The summed E-state index contributed by atoms with van der Waals surface area (Å²) in [6.45, 7) is -0.460. The summed E-state index contributed by atoms with van der Waals surface area (Å²) in [5.41, 5.74) is 0.190. The van der Waals surface area contributed by atoms with E-state index in [9.17, 15) is 14.4 Å². The molecule has 0 atom stereocenters. The molecule has 1 aromatic heterocycles. The van der Waals surface area contributed by atoms with Crippen LogP contribution in [0.5, 0.6) is 5.75 Å². The molecule has 0 aliphatic rings. The maximum Gasteiger partial charge on any atom is 0.342 e. The summed E-state index contributed by atoms with van der Waals surface area (Å²) in [4.78, 5) is 35.0. The van der Waals surface area contributed by atoms with E-state index in [1.54, 1.807) is 30.3 Å². The fourth-order valence-corrected chi connectivity index (χ4v) is 1.81. The zero-order valence-corrected chi connectivity index (χ0v) is 12.9. The lowest BCUT2D eigenvalue weighted by Crippen LogP contribution is -2.41. The highest BCUT2D eigenvalue weighted by molar-refractivity contribution is 5.97. The van der Waals surface area contributed by atoms with Crippen molar-refractivity contribution in [3.63, 3.8) is 0 Å². The summed E-state index contributed by atoms with van der Waals surface area (Å²) in [6, 6.07) is 9.08. The van der Waals surface area contributed by atoms with Gasteiger partial charge in [-0.25, -0.2) is 9.59 Å². The fourth-order valence-electron chi connectivity index (χ4n) is 1.81. The number of furan rings is 1. The van der Waals surface area contributed by atoms with Gasteiger partial charge in [-0.05, 0) is 24.3 Å². The minimum Gasteiger partial charge on any atom is -0.496 e. The molecule has 24 heavy (non-hydrogen) atoms. The van der Waals surface area contributed by atoms with Gasteiger partial charge in [-0.3, -0.25) is 10.1 Å². The topological polar surface area (TPSA) is 107 Å². The van der Waals surface area contributed by atoms with Crippen molar-refractivity contribution in [2.75, 3.05) is 13.7 Å². The molecule has 8 nitrogen and oxygen atoms in total. The molecule has 8 heteroatoms. The number of para-hydroxylation sites is 1. The van der Waals surface area contributed by atoms with Crippen molar-refractivity contribution in [1.82, 2.24) is 10.6 Å². The molecule has 0 saturated heterocycles. The monoisotopic (exact) mass is 332 g/mol. The number of carbonyl (C=O) groups excluding carboxylic acids is 3. The Kier molecular flexibility index (Phi) is 5.95. The lowest BCUT2D eigenvalue weighted by atomic mass is 10.2. The van der Waals surface area contributed by atoms with Gasteiger partial charge >= 0.3 is 12.0 Å². The van der Waals surface area contributed by atoms with E-state index in [2.05, 4.69) is 5.32 Å². The molecule has 0 spiro atoms. The van der Waals surface area contributed by atoms with Gasteiger partial charge in [0.2, 0.25) is 0 Å². The molecule has 0 bridgehead atoms. The number of benzene rings is 1. The van der Waals surface area contributed by atoms with Crippen LogP contribution < -0.4 is 15.4 Å². The number of urea groups is 1. The largest absolute Gasteiger partial charge is 0.496 e. The Morgan fingerprint density at radius 1 is 1.12 bits per heavy atom. The lowest BCUT2D eigenvalue weighted by molar-refractivity contribution is -0.123. The van der Waals surface area contributed by atoms with Gasteiger partial charge in [-0.2, -0.15) is 0 Å². The van der Waals surface area contributed by atoms with Crippen molar-refractivity contribution in [2.45, 2.75) is 6.54 Å². The van der Waals surface area contributed by atoms with Gasteiger partial charge in [-0.15, -0.1) is 0 Å². The van der Waals surface area contributed by atoms with E-state index >= 15 is 0 Å². The predicted molar refractivity (Wildman–Crippen MR) is 82.4 cm³/mol. The molecular weight excluding hydrogens is 316 g/mol. The molecule has 0 fully saturated rings. The molecule has 1 aromatic carbocycles. The third-order valence-electron chi connectivity index (χ3n) is 2.92. The van der Waals surface area contributed by atoms with E-state index in [1.807, 2.05) is 5.32 Å². The standard InChI is InChI=1S/C16H16N2O6/c1-22-13-7-3-2-6-12(13)15(20)24-10-14(19)18-16(21)17-9-11-5-4-8-23-11/h2-8H,9-10H2,1H3,(H2,17,18,19,21). The van der Waals surface area contributed by atoms with Crippen LogP contribution in [0.2, 0.25) is 0 Å². The van der Waals surface area contributed by atoms with Gasteiger partial charge in [0.15, 0.2) is 6.61 Å². The average molecular weight is 332 g/mol. The SMILES string of the molecule is COc1ccccc1C(=O)OCC(=O)NC(=O)NCc1ccco1. The number of rotatable bonds is 6. The summed E-state index contributed by atoms with van der Waals surface area (Å²) < 4.78 is 14.9. The van der Waals surface area contributed by atoms with Gasteiger partial charge in [0.1, 0.15) is 17.1 Å². The van der Waals surface area contributed by atoms with Gasteiger partial charge in [0, 0.05) is 0 Å². The zero-order chi connectivity index (χ0) is 17.4. The molecule has 0 aliphatic carbocycles. The zero-order valence-electron chi connectivity index (χ0n) is 12.9. The highest BCUT2D eigenvalue weighted by Gasteiger charge is 2.15. The lowest BCUT2D eigenvalue weighted by Gasteiger charge is -2.09. The second-order valence-corrected chi connectivity index (χ2v) is 4.59. The number of nitrogens with one attached hydrogen (secondary N) is 2. The summed E-state index contributed by atoms with van der Waals surface area (Å²) in [7, 11) is 1.42. The Morgan fingerprint density at radius 3 is 2.62 bits per heavy atom. The number of esters is 1. The first-order valence-electron chi connectivity index (χ1n) is 7.00. The van der Waals surface area contributed by atoms with E-state index in [1.165, 1.54) is 19.4 Å². The van der Waals surface area contributed by atoms with Gasteiger partial charge in [0.05, 0.1) is 19.9 Å². The summed E-state index contributed by atoms with van der Waals surface area (Å²) in [5.74, 6) is -0.604. The Balaban J connectivity index is 1.76. The van der Waals surface area contributed by atoms with Crippen LogP contribution in [0.1, 0.15) is 16.1 Å². The molecule has 0 unspecified atom stereocenters. The number of ether oxygens (including phenoxy) is 2. The maximum atomic E-state index is 11.9. The molecule has 0 aliphatic heterocycles. The second kappa shape index (κ2) is 8.37. The number of hydrogen-bond acceptors (Lipinski definition) is 6. The normalized spacial score (nSPS) is 9.88. The highest BCUT2D eigenvalue weighted by Crippen LogP contribution is 2.17. The van der Waals surface area contributed by atoms with Crippen molar-refractivity contribution in [1.29, 1.82) is 0 Å². The summed E-state index contributed by atoms with van der Waals surface area (Å²) in [5, 5.41) is 4.47. The fraction of sp³-hybridized carbons (Fsp3) is 0.188. The Hall–Kier alpha value is -3.29. The Bertz CT molecular complexity index is 711. The number of imide groups is 1. The molecule has 2 N–H and O–H groups in total. The van der Waals surface area contributed by atoms with Crippen LogP contribution in [0.15, 0.2) is 47.1 Å². The van der Waals surface area contributed by atoms with Crippen LogP contribution in [0.4, 0.5) is 4.79 Å². The molecule has 2 aromatic rings. The maximum absolute atomic E-state index is 11.9. The Labute approximate surface area is 137 Å². The number of carbonyl (C=O) groups is 3. The average Bonchev–Trinajstić information content (AvgIpc) is 3.11. The van der Waals surface area contributed by atoms with Gasteiger partial charge < -0.3 is 19.2 Å². The number of amides is 3. The van der Waals surface area contributed by atoms with Crippen molar-refractivity contribution in [3.8, 4) is 5.75 Å². The number of hydrogen-bond donors (Lipinski definition) is 2. The van der Waals surface area contributed by atoms with E-state index in [4.69, 9.17) is 13.9 Å². The van der Waals surface area contributed by atoms with Crippen LogP contribution in [-0.2, 0) is 16.1 Å². The van der Waals surface area contributed by atoms with Crippen LogP contribution >= 0.6 is 0 Å². The van der Waals surface area contributed by atoms with Crippen LogP contribution in [0, 0.1) is 0 Å². The van der Waals surface area contributed by atoms with Crippen LogP contribution in [-0.4, -0.2) is 31.6 Å². The van der Waals surface area contributed by atoms with Crippen molar-refractivity contribution >= 4 is 17.9 Å². The van der Waals surface area contributed by atoms with E-state index in [0.29, 0.717) is 11.5 Å². The third kappa shape index (κ3) is 4.87. The molecular formula is C16H16N2O6. The number of methoxy groups -OCH3 is 1. The minimum atomic E-state index is -0.754. The van der Waals surface area contributed by atoms with E-state index < -0.39 is 24.5 Å². The first-order valence-corrected chi connectivity index (χ1v) is 7.00. The second-order valence-electron chi connectivity index (χ2n) is 4.59. The molecule has 3 amide bonds. The highest BCUT2D eigenvalue weighted by atomic mass is 16.5. The molecule has 1 heterocycles. The van der Waals surface area contributed by atoms with Crippen LogP contribution in [0.25, 0.3) is 0 Å². The quantitative estimate of drug-likeness (QED) is 0.776. The molecule has 0 saturated carbocycles. The van der Waals surface area contributed by atoms with E-state index in [0.717, 1.165) is 0 Å². The first kappa shape index (κ1) is 17.1. The van der Waals surface area contributed by atoms with Crippen molar-refractivity contribution < 1.29 is 28.3 Å². The third-order valence-corrected chi connectivity index (χ3v) is 2.92. The molecule has 0 radical (unpaired) electrons. The van der Waals surface area contributed by atoms with Crippen molar-refractivity contribution in [3.05, 3.63) is 54.0 Å². The smallest absolute Gasteiger partial charge is 0.342 e. The van der Waals surface area contributed by atoms with Crippen molar-refractivity contribution in [2.24, 2.45) is 0 Å². The molecule has 126 valence electrons. The summed E-state index contributed by atoms with van der Waals surface area (Å²) >= 11 is 0. The van der Waals surface area contributed by atoms with Gasteiger partial charge in [-0.1, -0.05) is 12.1 Å². The van der Waals surface area contributed by atoms with E-state index in [-0.39, 0.29) is 12.1 Å². The first-order chi connectivity index (χ1) is 11.6. The summed E-state index contributed by atoms with van der Waals surface area (Å²) in [6.07, 6.45) is 1.47. The minimum absolute atomic E-state index is 0.132.